The Bertz CT molecular complexity index is 563. The van der Waals surface area contributed by atoms with E-state index in [-0.39, 0.29) is 0 Å². The first-order chi connectivity index (χ1) is 9.71. The van der Waals surface area contributed by atoms with E-state index in [1.165, 1.54) is 19.3 Å². The summed E-state index contributed by atoms with van der Waals surface area (Å²) in [6.07, 6.45) is 5.93. The first kappa shape index (κ1) is 15.7. The normalized spacial score (nSPS) is 13.0. The molecule has 1 atom stereocenters. The highest BCUT2D eigenvalue weighted by molar-refractivity contribution is 6.31. The predicted molar refractivity (Wildman–Crippen MR) is 87.8 cm³/mol. The number of hydrogen-bond donors (Lipinski definition) is 0. The van der Waals surface area contributed by atoms with Crippen LogP contribution in [-0.4, -0.2) is 9.55 Å². The summed E-state index contributed by atoms with van der Waals surface area (Å²) in [7, 11) is 0. The predicted octanol–water partition coefficient (Wildman–Crippen LogP) is 5.96. The summed E-state index contributed by atoms with van der Waals surface area (Å²) in [5.74, 6) is 1.40. The average molecular weight is 313 g/mol. The second-order valence-corrected chi connectivity index (χ2v) is 5.95. The van der Waals surface area contributed by atoms with E-state index in [4.69, 9.17) is 23.2 Å². The summed E-state index contributed by atoms with van der Waals surface area (Å²) in [6.45, 7) is 4.46. The Hall–Kier alpha value is -0.730. The Balaban J connectivity index is 2.49. The van der Waals surface area contributed by atoms with Gasteiger partial charge < -0.3 is 4.57 Å². The zero-order chi connectivity index (χ0) is 14.5. The van der Waals surface area contributed by atoms with E-state index in [2.05, 4.69) is 23.4 Å². The lowest BCUT2D eigenvalue weighted by Gasteiger charge is -2.21. The summed E-state index contributed by atoms with van der Waals surface area (Å²) < 4.78 is 2.31. The number of nitrogens with zero attached hydrogens (tertiary/aromatic N) is 2. The van der Waals surface area contributed by atoms with Crippen LogP contribution in [-0.2, 0) is 5.88 Å². The highest BCUT2D eigenvalue weighted by Crippen LogP contribution is 2.30. The number of benzene rings is 1. The maximum atomic E-state index is 6.16. The van der Waals surface area contributed by atoms with E-state index >= 15 is 0 Å². The number of hydrogen-bond acceptors (Lipinski definition) is 1. The molecule has 0 spiro atoms. The third kappa shape index (κ3) is 3.29. The standard InChI is InChI=1S/C16H22Cl2N2/c1-3-5-7-13(6-4-2)20-15-10-12(18)8-9-14(15)19-16(20)11-17/h8-10,13H,3-7,11H2,1-2H3. The molecule has 1 aromatic carbocycles. The molecular weight excluding hydrogens is 291 g/mol. The van der Waals surface area contributed by atoms with Gasteiger partial charge in [0.1, 0.15) is 5.82 Å². The molecule has 2 aromatic rings. The van der Waals surface area contributed by atoms with Crippen LogP contribution in [0.15, 0.2) is 18.2 Å². The van der Waals surface area contributed by atoms with Crippen LogP contribution < -0.4 is 0 Å². The Morgan fingerprint density at radius 1 is 1.20 bits per heavy atom. The molecule has 2 nitrogen and oxygen atoms in total. The first-order valence-corrected chi connectivity index (χ1v) is 8.34. The van der Waals surface area contributed by atoms with Crippen LogP contribution in [0.2, 0.25) is 5.02 Å². The van der Waals surface area contributed by atoms with Gasteiger partial charge >= 0.3 is 0 Å². The molecular formula is C16H22Cl2N2. The van der Waals surface area contributed by atoms with E-state index in [9.17, 15) is 0 Å². The number of rotatable bonds is 7. The van der Waals surface area contributed by atoms with Crippen molar-refractivity contribution in [3.63, 3.8) is 0 Å². The summed E-state index contributed by atoms with van der Waals surface area (Å²) in [6, 6.07) is 6.35. The van der Waals surface area contributed by atoms with Gasteiger partial charge in [-0.3, -0.25) is 0 Å². The molecule has 110 valence electrons. The van der Waals surface area contributed by atoms with Crippen molar-refractivity contribution in [1.82, 2.24) is 9.55 Å². The molecule has 0 aliphatic heterocycles. The molecule has 20 heavy (non-hydrogen) atoms. The zero-order valence-corrected chi connectivity index (χ0v) is 13.7. The van der Waals surface area contributed by atoms with Gasteiger partial charge in [-0.1, -0.05) is 44.7 Å². The lowest BCUT2D eigenvalue weighted by atomic mass is 10.0. The van der Waals surface area contributed by atoms with E-state index in [0.717, 1.165) is 34.7 Å². The molecule has 0 aliphatic rings. The smallest absolute Gasteiger partial charge is 0.125 e. The topological polar surface area (TPSA) is 17.8 Å². The Morgan fingerprint density at radius 3 is 2.65 bits per heavy atom. The number of imidazole rings is 1. The Kier molecular flexibility index (Phi) is 5.74. The maximum Gasteiger partial charge on any atom is 0.125 e. The summed E-state index contributed by atoms with van der Waals surface area (Å²) in [5, 5.41) is 0.755. The van der Waals surface area contributed by atoms with Crippen molar-refractivity contribution in [2.75, 3.05) is 0 Å². The molecule has 0 saturated carbocycles. The molecule has 1 unspecified atom stereocenters. The first-order valence-electron chi connectivity index (χ1n) is 7.43. The zero-order valence-electron chi connectivity index (χ0n) is 12.2. The van der Waals surface area contributed by atoms with Crippen LogP contribution >= 0.6 is 23.2 Å². The molecule has 0 bridgehead atoms. The minimum absolute atomic E-state index is 0.443. The third-order valence-electron chi connectivity index (χ3n) is 3.72. The third-order valence-corrected chi connectivity index (χ3v) is 4.20. The van der Waals surface area contributed by atoms with Gasteiger partial charge in [-0.15, -0.1) is 11.6 Å². The van der Waals surface area contributed by atoms with Gasteiger partial charge in [-0.2, -0.15) is 0 Å². The fourth-order valence-corrected chi connectivity index (χ4v) is 3.15. The Labute approximate surface area is 131 Å². The van der Waals surface area contributed by atoms with Gasteiger partial charge in [0.05, 0.1) is 16.9 Å². The SMILES string of the molecule is CCCCC(CCC)n1c(CCl)nc2ccc(Cl)cc21. The van der Waals surface area contributed by atoms with E-state index in [1.54, 1.807) is 0 Å². The van der Waals surface area contributed by atoms with Crippen molar-refractivity contribution in [1.29, 1.82) is 0 Å². The number of aromatic nitrogens is 2. The molecule has 0 fully saturated rings. The molecule has 0 saturated heterocycles. The van der Waals surface area contributed by atoms with Crippen molar-refractivity contribution in [3.8, 4) is 0 Å². The van der Waals surface area contributed by atoms with Crippen LogP contribution in [0.5, 0.6) is 0 Å². The monoisotopic (exact) mass is 312 g/mol. The minimum Gasteiger partial charge on any atom is -0.324 e. The number of unbranched alkanes of at least 4 members (excludes halogenated alkanes) is 1. The van der Waals surface area contributed by atoms with Gasteiger partial charge in [0.2, 0.25) is 0 Å². The van der Waals surface area contributed by atoms with Gasteiger partial charge in [-0.05, 0) is 31.0 Å². The number of fused-ring (bicyclic) bond motifs is 1. The lowest BCUT2D eigenvalue weighted by Crippen LogP contribution is -2.12. The molecule has 2 rings (SSSR count). The fraction of sp³-hybridized carbons (Fsp3) is 0.562. The number of alkyl halides is 1. The average Bonchev–Trinajstić information content (AvgIpc) is 2.81. The van der Waals surface area contributed by atoms with Crippen LogP contribution in [0, 0.1) is 0 Å². The molecule has 0 aliphatic carbocycles. The molecule has 4 heteroatoms. The van der Waals surface area contributed by atoms with Crippen molar-refractivity contribution in [2.45, 2.75) is 57.9 Å². The molecule has 1 aromatic heterocycles. The molecule has 1 heterocycles. The van der Waals surface area contributed by atoms with Crippen molar-refractivity contribution in [2.24, 2.45) is 0 Å². The van der Waals surface area contributed by atoms with Gasteiger partial charge in [0.25, 0.3) is 0 Å². The quantitative estimate of drug-likeness (QED) is 0.577. The van der Waals surface area contributed by atoms with Crippen molar-refractivity contribution in [3.05, 3.63) is 29.0 Å². The van der Waals surface area contributed by atoms with Crippen LogP contribution in [0.4, 0.5) is 0 Å². The summed E-state index contributed by atoms with van der Waals surface area (Å²) in [4.78, 5) is 4.66. The highest BCUT2D eigenvalue weighted by atomic mass is 35.5. The summed E-state index contributed by atoms with van der Waals surface area (Å²) in [5.41, 5.74) is 2.10. The Morgan fingerprint density at radius 2 is 2.00 bits per heavy atom. The molecule has 0 amide bonds. The largest absolute Gasteiger partial charge is 0.324 e. The van der Waals surface area contributed by atoms with E-state index in [1.807, 2.05) is 18.2 Å². The van der Waals surface area contributed by atoms with Gasteiger partial charge in [0.15, 0.2) is 0 Å². The molecule has 0 radical (unpaired) electrons. The van der Waals surface area contributed by atoms with Crippen LogP contribution in [0.25, 0.3) is 11.0 Å². The van der Waals surface area contributed by atoms with E-state index in [0.29, 0.717) is 11.9 Å². The maximum absolute atomic E-state index is 6.16. The second-order valence-electron chi connectivity index (χ2n) is 5.25. The van der Waals surface area contributed by atoms with Crippen molar-refractivity contribution < 1.29 is 0 Å². The van der Waals surface area contributed by atoms with Crippen LogP contribution in [0.3, 0.4) is 0 Å². The second kappa shape index (κ2) is 7.33. The highest BCUT2D eigenvalue weighted by Gasteiger charge is 2.18. The van der Waals surface area contributed by atoms with Crippen LogP contribution in [0.1, 0.15) is 57.8 Å². The minimum atomic E-state index is 0.443. The fourth-order valence-electron chi connectivity index (χ4n) is 2.79. The molecule has 0 N–H and O–H groups in total. The number of halogens is 2. The van der Waals surface area contributed by atoms with Gasteiger partial charge in [0, 0.05) is 11.1 Å². The van der Waals surface area contributed by atoms with Crippen molar-refractivity contribution >= 4 is 34.2 Å². The van der Waals surface area contributed by atoms with Gasteiger partial charge in [-0.25, -0.2) is 4.98 Å². The van der Waals surface area contributed by atoms with E-state index < -0.39 is 0 Å². The summed E-state index contributed by atoms with van der Waals surface area (Å²) >= 11 is 12.3. The lowest BCUT2D eigenvalue weighted by molar-refractivity contribution is 0.418.